The number of hydrogen-bond acceptors (Lipinski definition) is 3. The van der Waals surface area contributed by atoms with Gasteiger partial charge >= 0.3 is 0 Å². The maximum atomic E-state index is 12.2. The van der Waals surface area contributed by atoms with Crippen LogP contribution >= 0.6 is 27.5 Å². The van der Waals surface area contributed by atoms with E-state index in [2.05, 4.69) is 21.2 Å². The second-order valence-corrected chi connectivity index (χ2v) is 9.29. The Kier molecular flexibility index (Phi) is 6.70. The van der Waals surface area contributed by atoms with Gasteiger partial charge in [-0.1, -0.05) is 23.7 Å². The molecule has 158 valence electrons. The topological polar surface area (TPSA) is 67.2 Å². The van der Waals surface area contributed by atoms with Gasteiger partial charge in [-0.25, -0.2) is 4.68 Å². The highest BCUT2D eigenvalue weighted by Crippen LogP contribution is 2.27. The highest BCUT2D eigenvalue weighted by atomic mass is 79.9. The molecule has 0 radical (unpaired) electrons. The van der Waals surface area contributed by atoms with E-state index >= 15 is 0 Å². The van der Waals surface area contributed by atoms with Crippen LogP contribution in [-0.2, 0) is 6.42 Å². The van der Waals surface area contributed by atoms with Crippen LogP contribution in [0.2, 0.25) is 5.02 Å². The molecule has 1 amide bonds. The van der Waals surface area contributed by atoms with E-state index in [1.54, 1.807) is 26.0 Å². The number of benzene rings is 2. The van der Waals surface area contributed by atoms with Gasteiger partial charge in [-0.15, -0.1) is 0 Å². The van der Waals surface area contributed by atoms with Crippen molar-refractivity contribution in [3.8, 4) is 5.69 Å². The molecule has 0 fully saturated rings. The lowest BCUT2D eigenvalue weighted by Gasteiger charge is -2.17. The first-order valence-electron chi connectivity index (χ1n) is 9.65. The second kappa shape index (κ2) is 8.92. The number of carbonyl (C=O) groups is 1. The van der Waals surface area contributed by atoms with Crippen molar-refractivity contribution >= 4 is 33.4 Å². The zero-order chi connectivity index (χ0) is 22.1. The molecule has 3 rings (SSSR count). The number of aliphatic hydroxyl groups is 1. The summed E-state index contributed by atoms with van der Waals surface area (Å²) in [7, 11) is 0. The Morgan fingerprint density at radius 3 is 2.47 bits per heavy atom. The number of halogens is 2. The van der Waals surface area contributed by atoms with Gasteiger partial charge in [0, 0.05) is 34.3 Å². The normalized spacial score (nSPS) is 11.6. The molecule has 3 aromatic rings. The van der Waals surface area contributed by atoms with Crippen molar-refractivity contribution in [3.63, 3.8) is 0 Å². The van der Waals surface area contributed by atoms with E-state index in [1.165, 1.54) is 0 Å². The van der Waals surface area contributed by atoms with E-state index in [9.17, 15) is 9.90 Å². The molecule has 0 atom stereocenters. The summed E-state index contributed by atoms with van der Waals surface area (Å²) in [5.41, 5.74) is 4.79. The quantitative estimate of drug-likeness (QED) is 0.511. The molecule has 0 saturated heterocycles. The Morgan fingerprint density at radius 2 is 1.87 bits per heavy atom. The van der Waals surface area contributed by atoms with E-state index < -0.39 is 5.60 Å². The monoisotopic (exact) mass is 489 g/mol. The van der Waals surface area contributed by atoms with E-state index in [0.29, 0.717) is 17.0 Å². The molecule has 7 heteroatoms. The maximum absolute atomic E-state index is 12.2. The van der Waals surface area contributed by atoms with Crippen molar-refractivity contribution in [1.82, 2.24) is 15.1 Å². The Bertz CT molecular complexity index is 1070. The first kappa shape index (κ1) is 22.5. The van der Waals surface area contributed by atoms with Crippen LogP contribution in [0.15, 0.2) is 46.9 Å². The van der Waals surface area contributed by atoms with Crippen molar-refractivity contribution in [2.75, 3.05) is 6.54 Å². The minimum atomic E-state index is -0.941. The maximum Gasteiger partial charge on any atom is 0.251 e. The molecule has 0 aliphatic rings. The van der Waals surface area contributed by atoms with Gasteiger partial charge < -0.3 is 10.4 Å². The van der Waals surface area contributed by atoms with Gasteiger partial charge in [0.15, 0.2) is 0 Å². The molecule has 0 saturated carbocycles. The van der Waals surface area contributed by atoms with Crippen LogP contribution in [-0.4, -0.2) is 32.9 Å². The van der Waals surface area contributed by atoms with Crippen molar-refractivity contribution in [1.29, 1.82) is 0 Å². The minimum Gasteiger partial charge on any atom is -0.389 e. The molecule has 0 spiro atoms. The van der Waals surface area contributed by atoms with Crippen LogP contribution in [0.5, 0.6) is 0 Å². The fourth-order valence-electron chi connectivity index (χ4n) is 3.18. The summed E-state index contributed by atoms with van der Waals surface area (Å²) >= 11 is 9.66. The number of rotatable bonds is 6. The van der Waals surface area contributed by atoms with Crippen molar-refractivity contribution in [2.24, 2.45) is 0 Å². The molecule has 30 heavy (non-hydrogen) atoms. The van der Waals surface area contributed by atoms with Crippen LogP contribution in [0.3, 0.4) is 0 Å². The number of aryl methyl sites for hydroxylation is 1. The zero-order valence-corrected chi connectivity index (χ0v) is 19.8. The van der Waals surface area contributed by atoms with E-state index in [0.717, 1.165) is 32.7 Å². The average molecular weight is 491 g/mol. The third-order valence-electron chi connectivity index (χ3n) is 4.87. The molecule has 1 aromatic heterocycles. The standard InChI is InChI=1S/C23H25BrClN3O2/c1-14-19(15(2)28(27-14)18-9-10-20(24)21(25)12-18)11-16-5-7-17(8-6-16)22(29)26-13-23(3,4)30/h5-10,12,30H,11,13H2,1-4H3,(H,26,29). The fraction of sp³-hybridized carbons (Fsp3) is 0.304. The van der Waals surface area contributed by atoms with Crippen LogP contribution < -0.4 is 5.32 Å². The SMILES string of the molecule is Cc1nn(-c2ccc(Br)c(Cl)c2)c(C)c1Cc1ccc(C(=O)NCC(C)(C)O)cc1. The third-order valence-corrected chi connectivity index (χ3v) is 6.10. The van der Waals surface area contributed by atoms with Gasteiger partial charge in [0.05, 0.1) is 22.0 Å². The summed E-state index contributed by atoms with van der Waals surface area (Å²) in [5.74, 6) is -0.198. The van der Waals surface area contributed by atoms with E-state index in [1.807, 2.05) is 48.9 Å². The fourth-order valence-corrected chi connectivity index (χ4v) is 3.60. The Labute approximate surface area is 190 Å². The molecular weight excluding hydrogens is 466 g/mol. The summed E-state index contributed by atoms with van der Waals surface area (Å²) in [6.45, 7) is 7.56. The molecular formula is C23H25BrClN3O2. The Morgan fingerprint density at radius 1 is 1.20 bits per heavy atom. The van der Waals surface area contributed by atoms with E-state index in [-0.39, 0.29) is 12.5 Å². The third kappa shape index (κ3) is 5.31. The molecule has 2 aromatic carbocycles. The first-order chi connectivity index (χ1) is 14.0. The molecule has 1 heterocycles. The summed E-state index contributed by atoms with van der Waals surface area (Å²) in [4.78, 5) is 12.2. The van der Waals surface area contributed by atoms with Crippen molar-refractivity contribution in [2.45, 2.75) is 39.7 Å². The van der Waals surface area contributed by atoms with Crippen LogP contribution in [0.1, 0.15) is 46.7 Å². The predicted molar refractivity (Wildman–Crippen MR) is 124 cm³/mol. The molecule has 5 nitrogen and oxygen atoms in total. The van der Waals surface area contributed by atoms with Gasteiger partial charge in [-0.2, -0.15) is 5.10 Å². The van der Waals surface area contributed by atoms with Gasteiger partial charge in [0.25, 0.3) is 5.91 Å². The zero-order valence-electron chi connectivity index (χ0n) is 17.5. The second-order valence-electron chi connectivity index (χ2n) is 8.03. The summed E-state index contributed by atoms with van der Waals surface area (Å²) in [5, 5.41) is 17.8. The lowest BCUT2D eigenvalue weighted by Crippen LogP contribution is -2.38. The lowest BCUT2D eigenvalue weighted by atomic mass is 10.0. The number of aromatic nitrogens is 2. The Hall–Kier alpha value is -2.15. The smallest absolute Gasteiger partial charge is 0.251 e. The molecule has 0 bridgehead atoms. The number of carbonyl (C=O) groups excluding carboxylic acids is 1. The van der Waals surface area contributed by atoms with Gasteiger partial charge in [0.1, 0.15) is 0 Å². The van der Waals surface area contributed by atoms with Crippen LogP contribution in [0, 0.1) is 13.8 Å². The molecule has 0 aliphatic carbocycles. The van der Waals surface area contributed by atoms with Crippen LogP contribution in [0.25, 0.3) is 5.69 Å². The van der Waals surface area contributed by atoms with Gasteiger partial charge in [-0.3, -0.25) is 4.79 Å². The highest BCUT2D eigenvalue weighted by molar-refractivity contribution is 9.10. The average Bonchev–Trinajstić information content (AvgIpc) is 2.96. The van der Waals surface area contributed by atoms with Crippen molar-refractivity contribution in [3.05, 3.63) is 80.0 Å². The van der Waals surface area contributed by atoms with E-state index in [4.69, 9.17) is 16.7 Å². The van der Waals surface area contributed by atoms with Crippen molar-refractivity contribution < 1.29 is 9.90 Å². The van der Waals surface area contributed by atoms with Gasteiger partial charge in [-0.05, 0) is 79.5 Å². The largest absolute Gasteiger partial charge is 0.389 e. The number of nitrogens with zero attached hydrogens (tertiary/aromatic N) is 2. The number of hydrogen-bond donors (Lipinski definition) is 2. The first-order valence-corrected chi connectivity index (χ1v) is 10.8. The van der Waals surface area contributed by atoms with Crippen LogP contribution in [0.4, 0.5) is 0 Å². The highest BCUT2D eigenvalue weighted by Gasteiger charge is 2.16. The number of amides is 1. The lowest BCUT2D eigenvalue weighted by molar-refractivity contribution is 0.0694. The van der Waals surface area contributed by atoms with Gasteiger partial charge in [0.2, 0.25) is 0 Å². The summed E-state index contributed by atoms with van der Waals surface area (Å²) in [6.07, 6.45) is 0.716. The minimum absolute atomic E-state index is 0.198. The number of nitrogens with one attached hydrogen (secondary N) is 1. The Balaban J connectivity index is 1.77. The molecule has 0 unspecified atom stereocenters. The summed E-state index contributed by atoms with van der Waals surface area (Å²) < 4.78 is 2.75. The molecule has 0 aliphatic heterocycles. The molecule has 2 N–H and O–H groups in total. The summed E-state index contributed by atoms with van der Waals surface area (Å²) in [6, 6.07) is 13.3. The predicted octanol–water partition coefficient (Wildman–Crippen LogP) is 5.00.